The zero-order chi connectivity index (χ0) is 10.6. The van der Waals surface area contributed by atoms with E-state index >= 15 is 0 Å². The molecule has 1 saturated heterocycles. The molecule has 0 aliphatic carbocycles. The summed E-state index contributed by atoms with van der Waals surface area (Å²) in [5.41, 5.74) is -1.48. The molecule has 1 rings (SSSR count). The molecule has 0 saturated carbocycles. The molecule has 4 nitrogen and oxygen atoms in total. The van der Waals surface area contributed by atoms with Gasteiger partial charge in [0.05, 0.1) is 0 Å². The lowest BCUT2D eigenvalue weighted by atomic mass is 9.93. The van der Waals surface area contributed by atoms with E-state index < -0.39 is 5.41 Å². The van der Waals surface area contributed by atoms with E-state index in [2.05, 4.69) is 6.92 Å². The summed E-state index contributed by atoms with van der Waals surface area (Å²) in [4.78, 5) is 2.01. The Bertz CT molecular complexity index is 291. The molecule has 0 aromatic rings. The van der Waals surface area contributed by atoms with Crippen molar-refractivity contribution in [1.82, 2.24) is 4.90 Å². The number of hydrogen-bond donors (Lipinski definition) is 0. The van der Waals surface area contributed by atoms with Crippen LogP contribution in [-0.2, 0) is 0 Å². The lowest BCUT2D eigenvalue weighted by molar-refractivity contribution is 0.291. The Hall–Kier alpha value is -1.57. The maximum absolute atomic E-state index is 8.78. The first kappa shape index (κ1) is 10.5. The number of nitriles is 3. The molecule has 0 amide bonds. The summed E-state index contributed by atoms with van der Waals surface area (Å²) in [6, 6.07) is 5.38. The van der Waals surface area contributed by atoms with Crippen LogP contribution in [0.1, 0.15) is 13.3 Å². The monoisotopic (exact) mass is 188 g/mol. The van der Waals surface area contributed by atoms with E-state index in [9.17, 15) is 0 Å². The Morgan fingerprint density at radius 1 is 1.29 bits per heavy atom. The molecule has 1 aliphatic heterocycles. The second kappa shape index (κ2) is 4.09. The van der Waals surface area contributed by atoms with Crippen molar-refractivity contribution in [3.05, 3.63) is 0 Å². The lowest BCUT2D eigenvalue weighted by Gasteiger charge is -2.19. The summed E-state index contributed by atoms with van der Waals surface area (Å²) in [5, 5.41) is 26.3. The van der Waals surface area contributed by atoms with Gasteiger partial charge in [0.1, 0.15) is 18.2 Å². The van der Waals surface area contributed by atoms with Gasteiger partial charge in [-0.25, -0.2) is 0 Å². The Morgan fingerprint density at radius 2 is 1.86 bits per heavy atom. The van der Waals surface area contributed by atoms with Crippen molar-refractivity contribution in [3.8, 4) is 18.2 Å². The van der Waals surface area contributed by atoms with Crippen LogP contribution in [-0.4, -0.2) is 24.5 Å². The Balaban J connectivity index is 2.64. The van der Waals surface area contributed by atoms with Gasteiger partial charge in [0.25, 0.3) is 0 Å². The molecule has 1 fully saturated rings. The maximum Gasteiger partial charge on any atom is 0.241 e. The highest BCUT2D eigenvalue weighted by Gasteiger charge is 2.34. The minimum Gasteiger partial charge on any atom is -0.299 e. The molecular weight excluding hydrogens is 176 g/mol. The number of rotatable bonds is 2. The summed E-state index contributed by atoms with van der Waals surface area (Å²) >= 11 is 0. The molecule has 0 radical (unpaired) electrons. The van der Waals surface area contributed by atoms with Gasteiger partial charge < -0.3 is 0 Å². The van der Waals surface area contributed by atoms with Gasteiger partial charge in [-0.05, 0) is 18.9 Å². The van der Waals surface area contributed by atoms with Gasteiger partial charge in [-0.2, -0.15) is 15.8 Å². The van der Waals surface area contributed by atoms with Crippen molar-refractivity contribution in [2.75, 3.05) is 19.6 Å². The predicted octanol–water partition coefficient (Wildman–Crippen LogP) is 0.885. The zero-order valence-electron chi connectivity index (χ0n) is 8.19. The molecule has 4 heteroatoms. The van der Waals surface area contributed by atoms with Crippen LogP contribution in [0.3, 0.4) is 0 Å². The van der Waals surface area contributed by atoms with Gasteiger partial charge in [-0.15, -0.1) is 0 Å². The molecule has 14 heavy (non-hydrogen) atoms. The van der Waals surface area contributed by atoms with Crippen molar-refractivity contribution in [3.63, 3.8) is 0 Å². The molecule has 0 bridgehead atoms. The molecule has 0 unspecified atom stereocenters. The molecular formula is C10H12N4. The van der Waals surface area contributed by atoms with Gasteiger partial charge in [0, 0.05) is 13.1 Å². The normalized spacial score (nSPS) is 22.3. The van der Waals surface area contributed by atoms with Crippen molar-refractivity contribution in [1.29, 1.82) is 15.8 Å². The second-order valence-corrected chi connectivity index (χ2v) is 3.87. The van der Waals surface area contributed by atoms with Crippen LogP contribution in [0.2, 0.25) is 0 Å². The summed E-state index contributed by atoms with van der Waals surface area (Å²) in [6.07, 6.45) is 1.08. The zero-order valence-corrected chi connectivity index (χ0v) is 8.19. The van der Waals surface area contributed by atoms with Crippen LogP contribution in [0.4, 0.5) is 0 Å². The summed E-state index contributed by atoms with van der Waals surface area (Å²) in [5.74, 6) is 0.601. The van der Waals surface area contributed by atoms with Crippen LogP contribution in [0.25, 0.3) is 0 Å². The molecule has 0 N–H and O–H groups in total. The topological polar surface area (TPSA) is 74.6 Å². The summed E-state index contributed by atoms with van der Waals surface area (Å²) in [6.45, 7) is 4.15. The van der Waals surface area contributed by atoms with Crippen LogP contribution in [0.15, 0.2) is 0 Å². The van der Waals surface area contributed by atoms with E-state index in [1.807, 2.05) is 4.90 Å². The number of nitrogens with zero attached hydrogens (tertiary/aromatic N) is 4. The first-order valence-electron chi connectivity index (χ1n) is 4.62. The second-order valence-electron chi connectivity index (χ2n) is 3.87. The van der Waals surface area contributed by atoms with Crippen LogP contribution in [0, 0.1) is 45.3 Å². The SMILES string of the molecule is C[C@H]1CCN(CC(C#N)(C#N)C#N)C1. The van der Waals surface area contributed by atoms with E-state index in [1.165, 1.54) is 0 Å². The van der Waals surface area contributed by atoms with Gasteiger partial charge in [0.15, 0.2) is 0 Å². The van der Waals surface area contributed by atoms with Crippen LogP contribution in [0.5, 0.6) is 0 Å². The lowest BCUT2D eigenvalue weighted by Crippen LogP contribution is -2.33. The van der Waals surface area contributed by atoms with E-state index in [4.69, 9.17) is 15.8 Å². The number of likely N-dealkylation sites (tertiary alicyclic amines) is 1. The molecule has 1 aliphatic rings. The smallest absolute Gasteiger partial charge is 0.241 e. The summed E-state index contributed by atoms with van der Waals surface area (Å²) < 4.78 is 0. The fraction of sp³-hybridized carbons (Fsp3) is 0.700. The van der Waals surface area contributed by atoms with Gasteiger partial charge in [0.2, 0.25) is 5.41 Å². The van der Waals surface area contributed by atoms with Crippen LogP contribution < -0.4 is 0 Å². The quantitative estimate of drug-likeness (QED) is 0.644. The third-order valence-electron chi connectivity index (χ3n) is 2.54. The fourth-order valence-electron chi connectivity index (χ4n) is 1.69. The van der Waals surface area contributed by atoms with Crippen molar-refractivity contribution in [2.45, 2.75) is 13.3 Å². The highest BCUT2D eigenvalue weighted by molar-refractivity contribution is 5.26. The number of hydrogen-bond acceptors (Lipinski definition) is 4. The van der Waals surface area contributed by atoms with Crippen molar-refractivity contribution in [2.24, 2.45) is 11.3 Å². The van der Waals surface area contributed by atoms with Gasteiger partial charge >= 0.3 is 0 Å². The van der Waals surface area contributed by atoms with Gasteiger partial charge in [-0.1, -0.05) is 6.92 Å². The van der Waals surface area contributed by atoms with E-state index in [1.54, 1.807) is 18.2 Å². The minimum absolute atomic E-state index is 0.251. The molecule has 1 heterocycles. The molecule has 0 aromatic heterocycles. The molecule has 0 spiro atoms. The van der Waals surface area contributed by atoms with Crippen LogP contribution >= 0.6 is 0 Å². The Kier molecular flexibility index (Phi) is 3.07. The maximum atomic E-state index is 8.78. The molecule has 72 valence electrons. The summed E-state index contributed by atoms with van der Waals surface area (Å²) in [7, 11) is 0. The predicted molar refractivity (Wildman–Crippen MR) is 49.5 cm³/mol. The molecule has 0 aromatic carbocycles. The highest BCUT2D eigenvalue weighted by atomic mass is 15.1. The minimum atomic E-state index is -1.48. The standard InChI is InChI=1S/C10H12N4/c1-9-2-3-14(4-9)8-10(5-11,6-12)7-13/h9H,2-4,8H2,1H3/t9-/m0/s1. The Morgan fingerprint density at radius 3 is 2.21 bits per heavy atom. The Labute approximate surface area is 84.0 Å². The van der Waals surface area contributed by atoms with E-state index in [0.717, 1.165) is 19.5 Å². The average Bonchev–Trinajstić information content (AvgIpc) is 2.61. The first-order valence-corrected chi connectivity index (χ1v) is 4.62. The van der Waals surface area contributed by atoms with Gasteiger partial charge in [-0.3, -0.25) is 4.90 Å². The average molecular weight is 188 g/mol. The fourth-order valence-corrected chi connectivity index (χ4v) is 1.69. The van der Waals surface area contributed by atoms with E-state index in [0.29, 0.717) is 5.92 Å². The van der Waals surface area contributed by atoms with Crippen molar-refractivity contribution >= 4 is 0 Å². The highest BCUT2D eigenvalue weighted by Crippen LogP contribution is 2.21. The van der Waals surface area contributed by atoms with E-state index in [-0.39, 0.29) is 6.54 Å². The largest absolute Gasteiger partial charge is 0.299 e. The molecule has 1 atom stereocenters. The first-order chi connectivity index (χ1) is 6.65. The third-order valence-corrected chi connectivity index (χ3v) is 2.54. The van der Waals surface area contributed by atoms with Crippen molar-refractivity contribution < 1.29 is 0 Å². The third kappa shape index (κ3) is 2.02.